The second-order valence-electron chi connectivity index (χ2n) is 13.6. The van der Waals surface area contributed by atoms with Crippen molar-refractivity contribution in [2.24, 2.45) is 46.3 Å². The third-order valence-corrected chi connectivity index (χ3v) is 11.4. The predicted octanol–water partition coefficient (Wildman–Crippen LogP) is 8.99. The average Bonchev–Trinajstić information content (AvgIpc) is 3.17. The molecule has 1 aromatic rings. The third kappa shape index (κ3) is 4.04. The van der Waals surface area contributed by atoms with Crippen LogP contribution < -0.4 is 0 Å². The van der Waals surface area contributed by atoms with Crippen molar-refractivity contribution < 1.29 is 4.79 Å². The van der Waals surface area contributed by atoms with Crippen molar-refractivity contribution in [3.63, 3.8) is 0 Å². The summed E-state index contributed by atoms with van der Waals surface area (Å²) in [6, 6.07) is 11.0. The van der Waals surface area contributed by atoms with Crippen molar-refractivity contribution in [2.45, 2.75) is 105 Å². The second-order valence-corrected chi connectivity index (χ2v) is 13.6. The van der Waals surface area contributed by atoms with E-state index in [1.807, 2.05) is 0 Å². The molecule has 0 radical (unpaired) electrons. The van der Waals surface area contributed by atoms with Crippen LogP contribution >= 0.6 is 0 Å². The van der Waals surface area contributed by atoms with E-state index in [2.05, 4.69) is 71.0 Å². The van der Waals surface area contributed by atoms with E-state index in [4.69, 9.17) is 0 Å². The van der Waals surface area contributed by atoms with Gasteiger partial charge in [0.1, 0.15) is 0 Å². The summed E-state index contributed by atoms with van der Waals surface area (Å²) in [5.74, 6) is 4.97. The number of ketones is 1. The number of allylic oxidation sites excluding steroid dienone is 2. The third-order valence-electron chi connectivity index (χ3n) is 11.4. The summed E-state index contributed by atoms with van der Waals surface area (Å²) >= 11 is 0. The number of hydrogen-bond acceptors (Lipinski definition) is 1. The molecular formula is C33H48O. The lowest BCUT2D eigenvalue weighted by Crippen LogP contribution is -2.53. The first-order valence-corrected chi connectivity index (χ1v) is 14.5. The van der Waals surface area contributed by atoms with Gasteiger partial charge in [0, 0.05) is 5.92 Å². The van der Waals surface area contributed by atoms with Gasteiger partial charge in [-0.2, -0.15) is 0 Å². The molecular weight excluding hydrogens is 412 g/mol. The van der Waals surface area contributed by atoms with Gasteiger partial charge in [-0.1, -0.05) is 89.8 Å². The molecule has 0 saturated heterocycles. The van der Waals surface area contributed by atoms with E-state index < -0.39 is 0 Å². The topological polar surface area (TPSA) is 17.1 Å². The molecule has 0 aliphatic heterocycles. The van der Waals surface area contributed by atoms with Gasteiger partial charge < -0.3 is 0 Å². The number of carbonyl (C=O) groups excluding carboxylic acids is 1. The van der Waals surface area contributed by atoms with Gasteiger partial charge in [-0.05, 0) is 103 Å². The first-order valence-electron chi connectivity index (χ1n) is 14.5. The van der Waals surface area contributed by atoms with Gasteiger partial charge >= 0.3 is 0 Å². The molecule has 0 unspecified atom stereocenters. The molecule has 4 aliphatic rings. The summed E-state index contributed by atoms with van der Waals surface area (Å²) < 4.78 is 0. The lowest BCUT2D eigenvalue weighted by atomic mass is 9.46. The molecule has 0 aromatic heterocycles. The van der Waals surface area contributed by atoms with Gasteiger partial charge in [0.25, 0.3) is 0 Å². The molecule has 3 saturated carbocycles. The molecule has 0 amide bonds. The Balaban J connectivity index is 1.35. The molecule has 4 aliphatic carbocycles. The van der Waals surface area contributed by atoms with Crippen LogP contribution in [0.4, 0.5) is 0 Å². The first kappa shape index (κ1) is 24.3. The molecule has 0 N–H and O–H groups in total. The van der Waals surface area contributed by atoms with Gasteiger partial charge in [-0.25, -0.2) is 0 Å². The minimum absolute atomic E-state index is 0.242. The van der Waals surface area contributed by atoms with E-state index in [9.17, 15) is 4.79 Å². The highest BCUT2D eigenvalue weighted by atomic mass is 16.1. The van der Waals surface area contributed by atoms with Crippen molar-refractivity contribution in [2.75, 3.05) is 0 Å². The van der Waals surface area contributed by atoms with Crippen LogP contribution in [0.3, 0.4) is 0 Å². The van der Waals surface area contributed by atoms with Crippen LogP contribution in [0.25, 0.3) is 0 Å². The summed E-state index contributed by atoms with van der Waals surface area (Å²) in [6.07, 6.45) is 15.1. The molecule has 1 nitrogen and oxygen atoms in total. The number of benzene rings is 1. The minimum Gasteiger partial charge on any atom is -0.295 e. The van der Waals surface area contributed by atoms with E-state index in [-0.39, 0.29) is 11.3 Å². The van der Waals surface area contributed by atoms with Crippen molar-refractivity contribution in [3.8, 4) is 0 Å². The Morgan fingerprint density at radius 3 is 2.41 bits per heavy atom. The van der Waals surface area contributed by atoms with Crippen LogP contribution in [0.1, 0.15) is 110 Å². The van der Waals surface area contributed by atoms with Gasteiger partial charge in [0.05, 0.1) is 0 Å². The molecule has 3 fully saturated rings. The summed E-state index contributed by atoms with van der Waals surface area (Å²) in [5, 5.41) is 0. The molecule has 1 heteroatoms. The Labute approximate surface area is 209 Å². The van der Waals surface area contributed by atoms with Crippen LogP contribution in [0.5, 0.6) is 0 Å². The zero-order chi connectivity index (χ0) is 24.1. The van der Waals surface area contributed by atoms with E-state index in [1.165, 1.54) is 68.9 Å². The fourth-order valence-corrected chi connectivity index (χ4v) is 9.44. The van der Waals surface area contributed by atoms with Gasteiger partial charge in [-0.15, -0.1) is 0 Å². The fourth-order valence-electron chi connectivity index (χ4n) is 9.44. The van der Waals surface area contributed by atoms with Crippen molar-refractivity contribution in [1.29, 1.82) is 0 Å². The highest BCUT2D eigenvalue weighted by Gasteiger charge is 2.61. The smallest absolute Gasteiger partial charge is 0.159 e. The van der Waals surface area contributed by atoms with E-state index in [1.54, 1.807) is 0 Å². The summed E-state index contributed by atoms with van der Waals surface area (Å²) in [7, 11) is 0. The SMILES string of the molecule is CC(C)CCC[C@H](C)[C@H]1CC[C@H]2[C@@H]3C(=O)C=C4C[C@@H](c5ccccc5)CC[C@]4(C)[C@H]3CC[C@]12C. The fraction of sp³-hybridized carbons (Fsp3) is 0.727. The maximum absolute atomic E-state index is 13.8. The maximum Gasteiger partial charge on any atom is 0.159 e. The number of fused-ring (bicyclic) bond motifs is 5. The Bertz CT molecular complexity index is 912. The van der Waals surface area contributed by atoms with Gasteiger partial charge in [0.2, 0.25) is 0 Å². The highest BCUT2D eigenvalue weighted by molar-refractivity contribution is 5.94. The van der Waals surface area contributed by atoms with Crippen LogP contribution in [-0.2, 0) is 4.79 Å². The van der Waals surface area contributed by atoms with Crippen molar-refractivity contribution >= 4 is 5.78 Å². The molecule has 1 aromatic carbocycles. The first-order chi connectivity index (χ1) is 16.2. The molecule has 5 rings (SSSR count). The Kier molecular flexibility index (Phi) is 6.62. The summed E-state index contributed by atoms with van der Waals surface area (Å²) in [6.45, 7) is 12.4. The highest BCUT2D eigenvalue weighted by Crippen LogP contribution is 2.67. The Morgan fingerprint density at radius 2 is 1.68 bits per heavy atom. The number of rotatable bonds is 6. The van der Waals surface area contributed by atoms with Crippen molar-refractivity contribution in [3.05, 3.63) is 47.5 Å². The van der Waals surface area contributed by atoms with Crippen molar-refractivity contribution in [1.82, 2.24) is 0 Å². The van der Waals surface area contributed by atoms with Crippen LogP contribution in [0, 0.1) is 46.3 Å². The van der Waals surface area contributed by atoms with Crippen LogP contribution in [-0.4, -0.2) is 5.78 Å². The molecule has 8 atom stereocenters. The normalized spacial score (nSPS) is 40.4. The second kappa shape index (κ2) is 9.25. The monoisotopic (exact) mass is 460 g/mol. The van der Waals surface area contributed by atoms with E-state index in [0.29, 0.717) is 29.0 Å². The lowest BCUT2D eigenvalue weighted by molar-refractivity contribution is -0.134. The predicted molar refractivity (Wildman–Crippen MR) is 143 cm³/mol. The minimum atomic E-state index is 0.242. The van der Waals surface area contributed by atoms with E-state index >= 15 is 0 Å². The lowest BCUT2D eigenvalue weighted by Gasteiger charge is -2.57. The zero-order valence-corrected chi connectivity index (χ0v) is 22.5. The largest absolute Gasteiger partial charge is 0.295 e. The quantitative estimate of drug-likeness (QED) is 0.414. The molecule has 0 bridgehead atoms. The standard InChI is InChI=1S/C33H48O/c1-22(2)10-9-11-23(3)27-14-15-28-31-29(17-19-33(27,28)5)32(4)18-16-25(20-26(32)21-30(31)34)24-12-7-6-8-13-24/h6-8,12-13,21-23,25,27-29,31H,9-11,14-20H2,1-5H3/t23-,25-,27+,28-,29-,31-,32-,33+/m0/s1. The van der Waals surface area contributed by atoms with Crippen LogP contribution in [0.15, 0.2) is 42.0 Å². The van der Waals surface area contributed by atoms with Gasteiger partial charge in [0.15, 0.2) is 5.78 Å². The molecule has 186 valence electrons. The maximum atomic E-state index is 13.8. The van der Waals surface area contributed by atoms with E-state index in [0.717, 1.165) is 24.2 Å². The Hall–Kier alpha value is -1.37. The molecule has 0 heterocycles. The van der Waals surface area contributed by atoms with Gasteiger partial charge in [-0.3, -0.25) is 4.79 Å². The summed E-state index contributed by atoms with van der Waals surface area (Å²) in [4.78, 5) is 13.8. The average molecular weight is 461 g/mol. The zero-order valence-electron chi connectivity index (χ0n) is 22.5. The van der Waals surface area contributed by atoms with Crippen LogP contribution in [0.2, 0.25) is 0 Å². The summed E-state index contributed by atoms with van der Waals surface area (Å²) in [5.41, 5.74) is 3.56. The number of carbonyl (C=O) groups is 1. The molecule has 0 spiro atoms. The molecule has 34 heavy (non-hydrogen) atoms. The number of hydrogen-bond donors (Lipinski definition) is 0. The Morgan fingerprint density at radius 1 is 0.912 bits per heavy atom.